The molecule has 206 valence electrons. The molecule has 0 radical (unpaired) electrons. The van der Waals surface area contributed by atoms with Crippen molar-refractivity contribution in [3.05, 3.63) is 83.9 Å². The molecule has 0 aliphatic carbocycles. The van der Waals surface area contributed by atoms with Gasteiger partial charge in [0.25, 0.3) is 15.9 Å². The second-order valence-electron chi connectivity index (χ2n) is 9.02. The van der Waals surface area contributed by atoms with E-state index in [1.807, 2.05) is 0 Å². The Kier molecular flexibility index (Phi) is 8.77. The average molecular weight is 560 g/mol. The number of nitrogens with one attached hydrogen (secondary N) is 2. The van der Waals surface area contributed by atoms with Gasteiger partial charge in [-0.3, -0.25) is 14.3 Å². The molecular formula is C27H27F2N3O6S. The van der Waals surface area contributed by atoms with Crippen LogP contribution in [0.15, 0.2) is 71.6 Å². The molecule has 1 fully saturated rings. The summed E-state index contributed by atoms with van der Waals surface area (Å²) >= 11 is 0. The molecule has 3 N–H and O–H groups in total. The number of aliphatic hydroxyl groups excluding tert-OH is 1. The standard InChI is InChI=1S/C27H27F2N3O6S/c28-20-3-6-22(7-4-20)38-25-10-5-21(29)15-24(25)31-39(36,37)23-8-1-19(2-9-23)27(35)30-16-26(34)32-13-11-18(17-33)12-14-32/h1-10,15,18,31,33H,11-14,16-17H2,(H,30,35). The minimum Gasteiger partial charge on any atom is -0.455 e. The monoisotopic (exact) mass is 559 g/mol. The first-order chi connectivity index (χ1) is 18.6. The second-order valence-corrected chi connectivity index (χ2v) is 10.7. The highest BCUT2D eigenvalue weighted by Crippen LogP contribution is 2.32. The molecule has 0 spiro atoms. The van der Waals surface area contributed by atoms with Gasteiger partial charge in [0.05, 0.1) is 17.1 Å². The largest absolute Gasteiger partial charge is 0.455 e. The maximum atomic E-state index is 13.9. The molecule has 0 atom stereocenters. The molecule has 1 aliphatic heterocycles. The lowest BCUT2D eigenvalue weighted by molar-refractivity contribution is -0.131. The van der Waals surface area contributed by atoms with Crippen molar-refractivity contribution in [3.8, 4) is 11.5 Å². The zero-order chi connectivity index (χ0) is 28.0. The Hall–Kier alpha value is -4.03. The molecule has 3 aromatic rings. The molecule has 39 heavy (non-hydrogen) atoms. The number of nitrogens with zero attached hydrogens (tertiary/aromatic N) is 1. The van der Waals surface area contributed by atoms with Crippen LogP contribution >= 0.6 is 0 Å². The number of rotatable bonds is 9. The SMILES string of the molecule is O=C(NCC(=O)N1CCC(CO)CC1)c1ccc(S(=O)(=O)Nc2cc(F)ccc2Oc2ccc(F)cc2)cc1. The number of carbonyl (C=O) groups is 2. The van der Waals surface area contributed by atoms with Gasteiger partial charge in [0.15, 0.2) is 5.75 Å². The van der Waals surface area contributed by atoms with Gasteiger partial charge < -0.3 is 20.1 Å². The predicted molar refractivity (Wildman–Crippen MR) is 139 cm³/mol. The van der Waals surface area contributed by atoms with Crippen LogP contribution in [0.1, 0.15) is 23.2 Å². The molecule has 2 amide bonds. The number of benzene rings is 3. The quantitative estimate of drug-likeness (QED) is 0.369. The van der Waals surface area contributed by atoms with Crippen LogP contribution in [0.5, 0.6) is 11.5 Å². The summed E-state index contributed by atoms with van der Waals surface area (Å²) in [5.41, 5.74) is -0.0329. The predicted octanol–water partition coefficient (Wildman–Crippen LogP) is 3.52. The highest BCUT2D eigenvalue weighted by molar-refractivity contribution is 7.92. The second kappa shape index (κ2) is 12.2. The Morgan fingerprint density at radius 1 is 0.949 bits per heavy atom. The summed E-state index contributed by atoms with van der Waals surface area (Å²) < 4.78 is 60.9. The number of likely N-dealkylation sites (tertiary alicyclic amines) is 1. The Bertz CT molecular complexity index is 1420. The third-order valence-electron chi connectivity index (χ3n) is 6.28. The zero-order valence-electron chi connectivity index (χ0n) is 20.8. The first-order valence-corrected chi connectivity index (χ1v) is 13.7. The van der Waals surface area contributed by atoms with Crippen molar-refractivity contribution in [2.24, 2.45) is 5.92 Å². The van der Waals surface area contributed by atoms with Gasteiger partial charge in [-0.2, -0.15) is 0 Å². The minimum atomic E-state index is -4.21. The average Bonchev–Trinajstić information content (AvgIpc) is 2.94. The highest BCUT2D eigenvalue weighted by atomic mass is 32.2. The number of amides is 2. The van der Waals surface area contributed by atoms with Crippen molar-refractivity contribution in [1.29, 1.82) is 0 Å². The van der Waals surface area contributed by atoms with Crippen molar-refractivity contribution in [2.45, 2.75) is 17.7 Å². The lowest BCUT2D eigenvalue weighted by Gasteiger charge is -2.31. The molecule has 0 bridgehead atoms. The molecule has 0 saturated carbocycles. The summed E-state index contributed by atoms with van der Waals surface area (Å²) in [6.45, 7) is 0.913. The fourth-order valence-electron chi connectivity index (χ4n) is 4.02. The van der Waals surface area contributed by atoms with Crippen molar-refractivity contribution in [1.82, 2.24) is 10.2 Å². The number of halogens is 2. The molecule has 4 rings (SSSR count). The van der Waals surface area contributed by atoms with Crippen LogP contribution in [0, 0.1) is 17.6 Å². The number of aliphatic hydroxyl groups is 1. The van der Waals surface area contributed by atoms with Gasteiger partial charge in [-0.15, -0.1) is 0 Å². The van der Waals surface area contributed by atoms with Crippen molar-refractivity contribution in [3.63, 3.8) is 0 Å². The number of hydrogen-bond donors (Lipinski definition) is 3. The van der Waals surface area contributed by atoms with Crippen LogP contribution < -0.4 is 14.8 Å². The molecule has 1 saturated heterocycles. The molecule has 1 heterocycles. The molecule has 1 aliphatic rings. The van der Waals surface area contributed by atoms with E-state index in [4.69, 9.17) is 4.74 Å². The first-order valence-electron chi connectivity index (χ1n) is 12.2. The maximum absolute atomic E-state index is 13.9. The molecule has 9 nitrogen and oxygen atoms in total. The van der Waals surface area contributed by atoms with Gasteiger partial charge in [-0.1, -0.05) is 0 Å². The van der Waals surface area contributed by atoms with Crippen LogP contribution in [0.4, 0.5) is 14.5 Å². The topological polar surface area (TPSA) is 125 Å². The number of anilines is 1. The normalized spacial score (nSPS) is 14.1. The van der Waals surface area contributed by atoms with E-state index < -0.39 is 27.6 Å². The fourth-order valence-corrected chi connectivity index (χ4v) is 5.09. The number of sulfonamides is 1. The molecule has 3 aromatic carbocycles. The lowest BCUT2D eigenvalue weighted by atomic mass is 9.98. The van der Waals surface area contributed by atoms with Crippen LogP contribution in [0.2, 0.25) is 0 Å². The molecule has 0 aromatic heterocycles. The number of carbonyl (C=O) groups excluding carboxylic acids is 2. The molecule has 12 heteroatoms. The summed E-state index contributed by atoms with van der Waals surface area (Å²) in [5, 5.41) is 11.7. The zero-order valence-corrected chi connectivity index (χ0v) is 21.6. The van der Waals surface area contributed by atoms with E-state index in [9.17, 15) is 31.9 Å². The van der Waals surface area contributed by atoms with Crippen molar-refractivity contribution in [2.75, 3.05) is 31.0 Å². The van der Waals surface area contributed by atoms with Gasteiger partial charge >= 0.3 is 0 Å². The maximum Gasteiger partial charge on any atom is 0.262 e. The van der Waals surface area contributed by atoms with Crippen LogP contribution in [0.3, 0.4) is 0 Å². The molecular weight excluding hydrogens is 532 g/mol. The Morgan fingerprint density at radius 2 is 1.59 bits per heavy atom. The summed E-state index contributed by atoms with van der Waals surface area (Å²) in [6.07, 6.45) is 1.41. The third kappa shape index (κ3) is 7.30. The Labute approximate surface area is 224 Å². The minimum absolute atomic E-state index is 0.00663. The van der Waals surface area contributed by atoms with Gasteiger partial charge in [0, 0.05) is 31.3 Å². The number of piperidine rings is 1. The lowest BCUT2D eigenvalue weighted by Crippen LogP contribution is -2.44. The van der Waals surface area contributed by atoms with E-state index >= 15 is 0 Å². The van der Waals surface area contributed by atoms with E-state index in [2.05, 4.69) is 10.0 Å². The smallest absolute Gasteiger partial charge is 0.262 e. The first kappa shape index (κ1) is 28.0. The van der Waals surface area contributed by atoms with Gasteiger partial charge in [0.2, 0.25) is 5.91 Å². The van der Waals surface area contributed by atoms with Crippen molar-refractivity contribution < 1.29 is 36.6 Å². The van der Waals surface area contributed by atoms with E-state index in [-0.39, 0.29) is 52.6 Å². The van der Waals surface area contributed by atoms with E-state index in [0.717, 1.165) is 24.3 Å². The van der Waals surface area contributed by atoms with Crippen LogP contribution in [-0.4, -0.2) is 56.5 Å². The van der Waals surface area contributed by atoms with E-state index in [1.165, 1.54) is 42.5 Å². The van der Waals surface area contributed by atoms with Crippen LogP contribution in [0.25, 0.3) is 0 Å². The van der Waals surface area contributed by atoms with Gasteiger partial charge in [-0.25, -0.2) is 17.2 Å². The van der Waals surface area contributed by atoms with E-state index in [0.29, 0.717) is 25.9 Å². The van der Waals surface area contributed by atoms with Crippen LogP contribution in [-0.2, 0) is 14.8 Å². The third-order valence-corrected chi connectivity index (χ3v) is 7.66. The Balaban J connectivity index is 1.39. The summed E-state index contributed by atoms with van der Waals surface area (Å²) in [7, 11) is -4.21. The van der Waals surface area contributed by atoms with Gasteiger partial charge in [-0.05, 0) is 79.4 Å². The summed E-state index contributed by atoms with van der Waals surface area (Å²) in [5.74, 6) is -1.59. The van der Waals surface area contributed by atoms with Crippen molar-refractivity contribution >= 4 is 27.5 Å². The number of ether oxygens (including phenoxy) is 1. The fraction of sp³-hybridized carbons (Fsp3) is 0.259. The highest BCUT2D eigenvalue weighted by Gasteiger charge is 2.23. The number of hydrogen-bond acceptors (Lipinski definition) is 6. The summed E-state index contributed by atoms with van der Waals surface area (Å²) in [4.78, 5) is 26.3. The summed E-state index contributed by atoms with van der Waals surface area (Å²) in [6, 6.07) is 13.3. The Morgan fingerprint density at radius 3 is 2.23 bits per heavy atom. The van der Waals surface area contributed by atoms with Gasteiger partial charge in [0.1, 0.15) is 17.4 Å². The molecule has 0 unspecified atom stereocenters. The van der Waals surface area contributed by atoms with E-state index in [1.54, 1.807) is 4.90 Å².